The molecule has 1 fully saturated rings. The highest BCUT2D eigenvalue weighted by Gasteiger charge is 2.29. The smallest absolute Gasteiger partial charge is 0.237 e. The first-order valence-corrected chi connectivity index (χ1v) is 7.35. The Morgan fingerprint density at radius 2 is 2.22 bits per heavy atom. The first-order valence-electron chi connectivity index (χ1n) is 7.35. The molecule has 106 valence electrons. The minimum atomic E-state index is -0.121. The SMILES string of the molecule is CCCCCNC(=O)C(C)N1CCCCC1CO. The van der Waals surface area contributed by atoms with E-state index in [1.165, 1.54) is 6.42 Å². The highest BCUT2D eigenvalue weighted by molar-refractivity contribution is 5.81. The van der Waals surface area contributed by atoms with Gasteiger partial charge < -0.3 is 10.4 Å². The molecule has 0 aromatic rings. The summed E-state index contributed by atoms with van der Waals surface area (Å²) >= 11 is 0. The highest BCUT2D eigenvalue weighted by Crippen LogP contribution is 2.19. The zero-order chi connectivity index (χ0) is 13.4. The summed E-state index contributed by atoms with van der Waals surface area (Å²) in [5.74, 6) is 0.103. The maximum atomic E-state index is 12.0. The lowest BCUT2D eigenvalue weighted by Gasteiger charge is -2.38. The van der Waals surface area contributed by atoms with Gasteiger partial charge in [0.2, 0.25) is 5.91 Å². The first-order chi connectivity index (χ1) is 8.70. The molecule has 2 atom stereocenters. The van der Waals surface area contributed by atoms with E-state index in [0.29, 0.717) is 0 Å². The summed E-state index contributed by atoms with van der Waals surface area (Å²) in [6.07, 6.45) is 6.68. The lowest BCUT2D eigenvalue weighted by molar-refractivity contribution is -0.127. The van der Waals surface area contributed by atoms with E-state index in [9.17, 15) is 9.90 Å². The van der Waals surface area contributed by atoms with E-state index in [0.717, 1.165) is 45.2 Å². The van der Waals surface area contributed by atoms with Crippen molar-refractivity contribution in [1.82, 2.24) is 10.2 Å². The molecule has 2 N–H and O–H groups in total. The van der Waals surface area contributed by atoms with Crippen molar-refractivity contribution in [3.05, 3.63) is 0 Å². The summed E-state index contributed by atoms with van der Waals surface area (Å²) < 4.78 is 0. The Kier molecular flexibility index (Phi) is 7.28. The second-order valence-corrected chi connectivity index (χ2v) is 5.24. The number of unbranched alkanes of at least 4 members (excludes halogenated alkanes) is 2. The molecule has 1 rings (SSSR count). The minimum Gasteiger partial charge on any atom is -0.395 e. The standard InChI is InChI=1S/C14H28N2O2/c1-3-4-6-9-15-14(18)12(2)16-10-7-5-8-13(16)11-17/h12-13,17H,3-11H2,1-2H3,(H,15,18). The second kappa shape index (κ2) is 8.48. The number of amides is 1. The number of nitrogens with zero attached hydrogens (tertiary/aromatic N) is 1. The summed E-state index contributed by atoms with van der Waals surface area (Å²) in [7, 11) is 0. The van der Waals surface area contributed by atoms with Gasteiger partial charge in [-0.05, 0) is 32.7 Å². The summed E-state index contributed by atoms with van der Waals surface area (Å²) in [6.45, 7) is 5.96. The highest BCUT2D eigenvalue weighted by atomic mass is 16.3. The molecule has 18 heavy (non-hydrogen) atoms. The van der Waals surface area contributed by atoms with Crippen LogP contribution in [0.4, 0.5) is 0 Å². The van der Waals surface area contributed by atoms with Crippen LogP contribution in [0, 0.1) is 0 Å². The van der Waals surface area contributed by atoms with Crippen molar-refractivity contribution in [2.75, 3.05) is 19.7 Å². The largest absolute Gasteiger partial charge is 0.395 e. The van der Waals surface area contributed by atoms with Crippen LogP contribution in [0.15, 0.2) is 0 Å². The lowest BCUT2D eigenvalue weighted by Crippen LogP contribution is -2.53. The molecule has 1 heterocycles. The number of carbonyl (C=O) groups excluding carboxylic acids is 1. The topological polar surface area (TPSA) is 52.6 Å². The van der Waals surface area contributed by atoms with Crippen LogP contribution in [-0.2, 0) is 4.79 Å². The Morgan fingerprint density at radius 3 is 2.89 bits per heavy atom. The maximum Gasteiger partial charge on any atom is 0.237 e. The molecule has 0 aromatic heterocycles. The Balaban J connectivity index is 2.36. The van der Waals surface area contributed by atoms with Gasteiger partial charge in [-0.1, -0.05) is 26.2 Å². The number of aliphatic hydroxyl groups is 1. The predicted molar refractivity (Wildman–Crippen MR) is 73.4 cm³/mol. The molecule has 2 unspecified atom stereocenters. The number of aliphatic hydroxyl groups excluding tert-OH is 1. The molecule has 1 aliphatic rings. The van der Waals surface area contributed by atoms with Gasteiger partial charge in [0.25, 0.3) is 0 Å². The van der Waals surface area contributed by atoms with Gasteiger partial charge >= 0.3 is 0 Å². The number of hydrogen-bond acceptors (Lipinski definition) is 3. The number of rotatable bonds is 7. The van der Waals surface area contributed by atoms with Crippen molar-refractivity contribution in [1.29, 1.82) is 0 Å². The van der Waals surface area contributed by atoms with Crippen LogP contribution >= 0.6 is 0 Å². The quantitative estimate of drug-likeness (QED) is 0.679. The van der Waals surface area contributed by atoms with Crippen molar-refractivity contribution >= 4 is 5.91 Å². The van der Waals surface area contributed by atoms with Crippen molar-refractivity contribution < 1.29 is 9.90 Å². The Bertz CT molecular complexity index is 246. The molecule has 0 aromatic carbocycles. The molecule has 0 radical (unpaired) electrons. The Hall–Kier alpha value is -0.610. The van der Waals surface area contributed by atoms with Crippen LogP contribution in [0.5, 0.6) is 0 Å². The van der Waals surface area contributed by atoms with Crippen LogP contribution < -0.4 is 5.32 Å². The molecule has 0 saturated carbocycles. The second-order valence-electron chi connectivity index (χ2n) is 5.24. The number of carbonyl (C=O) groups is 1. The molecule has 4 nitrogen and oxygen atoms in total. The zero-order valence-electron chi connectivity index (χ0n) is 11.8. The summed E-state index contributed by atoms with van der Waals surface area (Å²) in [6, 6.07) is 0.0409. The fourth-order valence-corrected chi connectivity index (χ4v) is 2.61. The maximum absolute atomic E-state index is 12.0. The third-order valence-electron chi connectivity index (χ3n) is 3.84. The van der Waals surface area contributed by atoms with E-state index in [1.54, 1.807) is 0 Å². The number of likely N-dealkylation sites (tertiary alicyclic amines) is 1. The Morgan fingerprint density at radius 1 is 1.44 bits per heavy atom. The molecule has 0 aliphatic carbocycles. The number of hydrogen-bond donors (Lipinski definition) is 2. The van der Waals surface area contributed by atoms with E-state index in [1.807, 2.05) is 6.92 Å². The van der Waals surface area contributed by atoms with E-state index in [-0.39, 0.29) is 24.6 Å². The average molecular weight is 256 g/mol. The van der Waals surface area contributed by atoms with Gasteiger partial charge in [-0.25, -0.2) is 0 Å². The molecule has 1 saturated heterocycles. The third-order valence-corrected chi connectivity index (χ3v) is 3.84. The van der Waals surface area contributed by atoms with E-state index in [4.69, 9.17) is 0 Å². The number of piperidine rings is 1. The van der Waals surface area contributed by atoms with E-state index >= 15 is 0 Å². The molecule has 0 bridgehead atoms. The van der Waals surface area contributed by atoms with Gasteiger partial charge in [0.15, 0.2) is 0 Å². The van der Waals surface area contributed by atoms with Gasteiger partial charge in [0, 0.05) is 12.6 Å². The van der Waals surface area contributed by atoms with Gasteiger partial charge in [-0.3, -0.25) is 9.69 Å². The Labute approximate surface area is 111 Å². The molecular formula is C14H28N2O2. The summed E-state index contributed by atoms with van der Waals surface area (Å²) in [4.78, 5) is 14.2. The summed E-state index contributed by atoms with van der Waals surface area (Å²) in [5.41, 5.74) is 0. The molecule has 1 amide bonds. The van der Waals surface area contributed by atoms with Gasteiger partial charge in [-0.2, -0.15) is 0 Å². The monoisotopic (exact) mass is 256 g/mol. The third kappa shape index (κ3) is 4.58. The summed E-state index contributed by atoms with van der Waals surface area (Å²) in [5, 5.41) is 12.4. The fourth-order valence-electron chi connectivity index (χ4n) is 2.61. The van der Waals surface area contributed by atoms with Gasteiger partial charge in [0.05, 0.1) is 12.6 Å². The van der Waals surface area contributed by atoms with Crippen LogP contribution in [0.2, 0.25) is 0 Å². The van der Waals surface area contributed by atoms with Crippen molar-refractivity contribution in [3.8, 4) is 0 Å². The fraction of sp³-hybridized carbons (Fsp3) is 0.929. The van der Waals surface area contributed by atoms with E-state index < -0.39 is 0 Å². The molecule has 1 aliphatic heterocycles. The van der Waals surface area contributed by atoms with Crippen LogP contribution in [0.25, 0.3) is 0 Å². The predicted octanol–water partition coefficient (Wildman–Crippen LogP) is 1.53. The first kappa shape index (κ1) is 15.4. The zero-order valence-corrected chi connectivity index (χ0v) is 11.8. The number of nitrogens with one attached hydrogen (secondary N) is 1. The van der Waals surface area contributed by atoms with Crippen molar-refractivity contribution in [3.63, 3.8) is 0 Å². The molecular weight excluding hydrogens is 228 g/mol. The van der Waals surface area contributed by atoms with Gasteiger partial charge in [-0.15, -0.1) is 0 Å². The van der Waals surface area contributed by atoms with Crippen LogP contribution in [0.3, 0.4) is 0 Å². The molecule has 0 spiro atoms. The molecule has 4 heteroatoms. The van der Waals surface area contributed by atoms with Gasteiger partial charge in [0.1, 0.15) is 0 Å². The average Bonchev–Trinajstić information content (AvgIpc) is 2.42. The van der Waals surface area contributed by atoms with Crippen LogP contribution in [-0.4, -0.2) is 47.7 Å². The van der Waals surface area contributed by atoms with E-state index in [2.05, 4.69) is 17.1 Å². The lowest BCUT2D eigenvalue weighted by atomic mass is 10.0. The minimum absolute atomic E-state index is 0.103. The van der Waals surface area contributed by atoms with Crippen LogP contribution in [0.1, 0.15) is 52.4 Å². The van der Waals surface area contributed by atoms with Crippen molar-refractivity contribution in [2.45, 2.75) is 64.5 Å². The normalized spacial score (nSPS) is 22.7. The van der Waals surface area contributed by atoms with Crippen molar-refractivity contribution in [2.24, 2.45) is 0 Å².